The van der Waals surface area contributed by atoms with Gasteiger partial charge in [-0.25, -0.2) is 9.97 Å². The third kappa shape index (κ3) is 3.53. The first-order valence-corrected chi connectivity index (χ1v) is 9.07. The fourth-order valence-electron chi connectivity index (χ4n) is 3.05. The van der Waals surface area contributed by atoms with Gasteiger partial charge in [0.15, 0.2) is 0 Å². The summed E-state index contributed by atoms with van der Waals surface area (Å²) in [4.78, 5) is 27.8. The van der Waals surface area contributed by atoms with E-state index in [2.05, 4.69) is 20.3 Å². The van der Waals surface area contributed by atoms with Gasteiger partial charge in [-0.1, -0.05) is 36.4 Å². The van der Waals surface area contributed by atoms with Crippen LogP contribution in [0.5, 0.6) is 0 Å². The van der Waals surface area contributed by atoms with Crippen LogP contribution in [0.1, 0.15) is 17.4 Å². The standard InChI is InChI=1S/C22H19N5O/c1-2-27(17-10-4-3-5-11-17)21(28)19-13-15-24-22(26-19)25-18-12-6-8-16-9-7-14-23-20(16)18/h3-15H,2H2,1H3,(H,24,25,26). The predicted octanol–water partition coefficient (Wildman–Crippen LogP) is 4.44. The van der Waals surface area contributed by atoms with Crippen LogP contribution in [0, 0.1) is 0 Å². The molecule has 0 aliphatic carbocycles. The summed E-state index contributed by atoms with van der Waals surface area (Å²) in [5.74, 6) is 0.184. The Hall–Kier alpha value is -3.80. The first kappa shape index (κ1) is 17.6. The van der Waals surface area contributed by atoms with E-state index in [0.29, 0.717) is 18.2 Å². The third-order valence-electron chi connectivity index (χ3n) is 4.38. The summed E-state index contributed by atoms with van der Waals surface area (Å²) < 4.78 is 0. The zero-order valence-corrected chi connectivity index (χ0v) is 15.4. The number of fused-ring (bicyclic) bond motifs is 1. The number of carbonyl (C=O) groups is 1. The molecule has 1 amide bonds. The van der Waals surface area contributed by atoms with Crippen LogP contribution in [0.25, 0.3) is 10.9 Å². The minimum atomic E-state index is -0.171. The van der Waals surface area contributed by atoms with E-state index in [1.165, 1.54) is 0 Å². The maximum absolute atomic E-state index is 13.0. The molecule has 0 spiro atoms. The number of amides is 1. The highest BCUT2D eigenvalue weighted by Crippen LogP contribution is 2.23. The lowest BCUT2D eigenvalue weighted by atomic mass is 10.2. The molecule has 138 valence electrons. The first-order valence-electron chi connectivity index (χ1n) is 9.07. The minimum absolute atomic E-state index is 0.171. The van der Waals surface area contributed by atoms with Gasteiger partial charge in [-0.2, -0.15) is 0 Å². The molecule has 0 unspecified atom stereocenters. The molecule has 0 saturated carbocycles. The van der Waals surface area contributed by atoms with Crippen molar-refractivity contribution in [2.45, 2.75) is 6.92 Å². The molecule has 4 aromatic rings. The molecule has 0 aliphatic heterocycles. The van der Waals surface area contributed by atoms with Crippen LogP contribution >= 0.6 is 0 Å². The Balaban J connectivity index is 1.63. The summed E-state index contributed by atoms with van der Waals surface area (Å²) >= 11 is 0. The van der Waals surface area contributed by atoms with Gasteiger partial charge >= 0.3 is 0 Å². The Labute approximate surface area is 162 Å². The van der Waals surface area contributed by atoms with Crippen molar-refractivity contribution in [3.05, 3.63) is 84.8 Å². The summed E-state index contributed by atoms with van der Waals surface area (Å²) in [5.41, 5.74) is 2.78. The Morgan fingerprint density at radius 1 is 0.929 bits per heavy atom. The van der Waals surface area contributed by atoms with Crippen LogP contribution in [-0.4, -0.2) is 27.4 Å². The van der Waals surface area contributed by atoms with E-state index < -0.39 is 0 Å². The van der Waals surface area contributed by atoms with E-state index >= 15 is 0 Å². The van der Waals surface area contributed by atoms with Gasteiger partial charge in [0.2, 0.25) is 5.95 Å². The highest BCUT2D eigenvalue weighted by molar-refractivity contribution is 6.05. The number of nitrogens with zero attached hydrogens (tertiary/aromatic N) is 4. The van der Waals surface area contributed by atoms with Crippen molar-refractivity contribution < 1.29 is 4.79 Å². The normalized spacial score (nSPS) is 10.6. The monoisotopic (exact) mass is 369 g/mol. The topological polar surface area (TPSA) is 71.0 Å². The maximum atomic E-state index is 13.0. The molecule has 0 saturated heterocycles. The molecule has 0 fully saturated rings. The smallest absolute Gasteiger partial charge is 0.277 e. The Kier molecular flexibility index (Phi) is 4.93. The van der Waals surface area contributed by atoms with Crippen molar-refractivity contribution in [2.75, 3.05) is 16.8 Å². The average molecular weight is 369 g/mol. The van der Waals surface area contributed by atoms with E-state index in [-0.39, 0.29) is 5.91 Å². The van der Waals surface area contributed by atoms with Crippen LogP contribution in [0.3, 0.4) is 0 Å². The van der Waals surface area contributed by atoms with Gasteiger partial charge < -0.3 is 10.2 Å². The second-order valence-corrected chi connectivity index (χ2v) is 6.16. The Bertz CT molecular complexity index is 1110. The molecule has 0 bridgehead atoms. The second kappa shape index (κ2) is 7.84. The molecule has 2 aromatic carbocycles. The van der Waals surface area contributed by atoms with E-state index in [4.69, 9.17) is 0 Å². The summed E-state index contributed by atoms with van der Waals surface area (Å²) in [5, 5.41) is 4.20. The third-order valence-corrected chi connectivity index (χ3v) is 4.38. The van der Waals surface area contributed by atoms with Gasteiger partial charge in [0, 0.05) is 30.0 Å². The van der Waals surface area contributed by atoms with Gasteiger partial charge in [0.1, 0.15) is 5.69 Å². The molecular weight excluding hydrogens is 350 g/mol. The number of benzene rings is 2. The van der Waals surface area contributed by atoms with Crippen molar-refractivity contribution >= 4 is 34.1 Å². The lowest BCUT2D eigenvalue weighted by Crippen LogP contribution is -2.31. The lowest BCUT2D eigenvalue weighted by molar-refractivity contribution is 0.0983. The molecule has 2 aromatic heterocycles. The molecule has 0 radical (unpaired) electrons. The lowest BCUT2D eigenvalue weighted by Gasteiger charge is -2.20. The molecule has 0 atom stereocenters. The van der Waals surface area contributed by atoms with Gasteiger partial charge in [-0.15, -0.1) is 0 Å². The van der Waals surface area contributed by atoms with Crippen molar-refractivity contribution in [3.63, 3.8) is 0 Å². The molecule has 1 N–H and O–H groups in total. The van der Waals surface area contributed by atoms with E-state index in [9.17, 15) is 4.79 Å². The highest BCUT2D eigenvalue weighted by Gasteiger charge is 2.18. The summed E-state index contributed by atoms with van der Waals surface area (Å²) in [7, 11) is 0. The summed E-state index contributed by atoms with van der Waals surface area (Å²) in [6.45, 7) is 2.48. The van der Waals surface area contributed by atoms with E-state index in [0.717, 1.165) is 22.3 Å². The zero-order valence-electron chi connectivity index (χ0n) is 15.4. The molecule has 6 nitrogen and oxygen atoms in total. The number of rotatable bonds is 5. The fourth-order valence-corrected chi connectivity index (χ4v) is 3.05. The molecular formula is C22H19N5O. The van der Waals surface area contributed by atoms with E-state index in [1.54, 1.807) is 23.4 Å². The number of pyridine rings is 1. The fraction of sp³-hybridized carbons (Fsp3) is 0.0909. The van der Waals surface area contributed by atoms with Crippen molar-refractivity contribution in [2.24, 2.45) is 0 Å². The van der Waals surface area contributed by atoms with Crippen LogP contribution in [0.4, 0.5) is 17.3 Å². The largest absolute Gasteiger partial charge is 0.322 e. The maximum Gasteiger partial charge on any atom is 0.277 e. The van der Waals surface area contributed by atoms with Crippen LogP contribution in [0.15, 0.2) is 79.1 Å². The molecule has 28 heavy (non-hydrogen) atoms. The molecule has 0 aliphatic rings. The molecule has 6 heteroatoms. The zero-order chi connectivity index (χ0) is 19.3. The number of para-hydroxylation sites is 2. The van der Waals surface area contributed by atoms with Crippen molar-refractivity contribution in [1.29, 1.82) is 0 Å². The first-order chi connectivity index (χ1) is 13.8. The minimum Gasteiger partial charge on any atom is -0.322 e. The number of hydrogen-bond donors (Lipinski definition) is 1. The van der Waals surface area contributed by atoms with Gasteiger partial charge in [-0.05, 0) is 37.3 Å². The Morgan fingerprint density at radius 2 is 1.75 bits per heavy atom. The number of aromatic nitrogens is 3. The number of nitrogens with one attached hydrogen (secondary N) is 1. The summed E-state index contributed by atoms with van der Waals surface area (Å²) in [6, 6.07) is 20.9. The van der Waals surface area contributed by atoms with Gasteiger partial charge in [-0.3, -0.25) is 9.78 Å². The average Bonchev–Trinajstić information content (AvgIpc) is 2.75. The van der Waals surface area contributed by atoms with Crippen LogP contribution in [-0.2, 0) is 0 Å². The quantitative estimate of drug-likeness (QED) is 0.563. The van der Waals surface area contributed by atoms with Crippen molar-refractivity contribution in [1.82, 2.24) is 15.0 Å². The number of anilines is 3. The highest BCUT2D eigenvalue weighted by atomic mass is 16.2. The van der Waals surface area contributed by atoms with Gasteiger partial charge in [0.05, 0.1) is 11.2 Å². The van der Waals surface area contributed by atoms with Gasteiger partial charge in [0.25, 0.3) is 5.91 Å². The Morgan fingerprint density at radius 3 is 2.57 bits per heavy atom. The van der Waals surface area contributed by atoms with E-state index in [1.807, 2.05) is 67.6 Å². The van der Waals surface area contributed by atoms with Crippen molar-refractivity contribution in [3.8, 4) is 0 Å². The SMILES string of the molecule is CCN(C(=O)c1ccnc(Nc2cccc3cccnc23)n1)c1ccccc1. The molecule has 2 heterocycles. The van der Waals surface area contributed by atoms with Crippen LogP contribution in [0.2, 0.25) is 0 Å². The molecule has 4 rings (SSSR count). The number of carbonyl (C=O) groups excluding carboxylic acids is 1. The summed E-state index contributed by atoms with van der Waals surface area (Å²) in [6.07, 6.45) is 3.33. The predicted molar refractivity (Wildman–Crippen MR) is 111 cm³/mol. The number of hydrogen-bond acceptors (Lipinski definition) is 5. The second-order valence-electron chi connectivity index (χ2n) is 6.16. The van der Waals surface area contributed by atoms with Crippen LogP contribution < -0.4 is 10.2 Å².